The van der Waals surface area contributed by atoms with E-state index >= 15 is 0 Å². The van der Waals surface area contributed by atoms with Crippen LogP contribution in [0, 0.1) is 11.6 Å². The van der Waals surface area contributed by atoms with Crippen LogP contribution in [0.15, 0.2) is 18.2 Å². The third-order valence-electron chi connectivity index (χ3n) is 2.86. The second-order valence-corrected chi connectivity index (χ2v) is 6.20. The fraction of sp³-hybridized carbons (Fsp3) is 0.500. The van der Waals surface area contributed by atoms with Gasteiger partial charge in [0, 0.05) is 12.1 Å². The number of hydrogen-bond acceptors (Lipinski definition) is 4. The summed E-state index contributed by atoms with van der Waals surface area (Å²) in [6, 6.07) is 2.42. The predicted octanol–water partition coefficient (Wildman–Crippen LogP) is 2.28. The molecule has 0 aliphatic heterocycles. The van der Waals surface area contributed by atoms with Gasteiger partial charge in [-0.15, -0.1) is 0 Å². The first-order valence-electron chi connectivity index (χ1n) is 7.18. The van der Waals surface area contributed by atoms with Crippen LogP contribution in [0.25, 0.3) is 0 Å². The Labute approximate surface area is 133 Å². The van der Waals surface area contributed by atoms with Crippen LogP contribution < -0.4 is 5.32 Å². The lowest BCUT2D eigenvalue weighted by Crippen LogP contribution is -2.39. The summed E-state index contributed by atoms with van der Waals surface area (Å²) in [5.41, 5.74) is -0.473. The largest absolute Gasteiger partial charge is 0.481 e. The molecule has 1 aromatic carbocycles. The van der Waals surface area contributed by atoms with Crippen LogP contribution in [0.3, 0.4) is 0 Å². The van der Waals surface area contributed by atoms with E-state index in [9.17, 15) is 18.4 Å². The fourth-order valence-corrected chi connectivity index (χ4v) is 1.99. The molecule has 0 saturated heterocycles. The lowest BCUT2D eigenvalue weighted by molar-refractivity contribution is -0.154. The van der Waals surface area contributed by atoms with Gasteiger partial charge in [-0.25, -0.2) is 8.78 Å². The summed E-state index contributed by atoms with van der Waals surface area (Å²) in [7, 11) is 0. The molecule has 1 rings (SSSR count). The van der Waals surface area contributed by atoms with Gasteiger partial charge in [-0.3, -0.25) is 9.59 Å². The van der Waals surface area contributed by atoms with E-state index in [0.29, 0.717) is 0 Å². The molecule has 0 bridgehead atoms. The molecule has 23 heavy (non-hydrogen) atoms. The number of ether oxygens (including phenoxy) is 1. The SMILES string of the molecule is CC(C)(C)OC(=O)CNC(CC(=O)O)Cc1ccc(F)cc1F. The fourth-order valence-electron chi connectivity index (χ4n) is 1.99. The van der Waals surface area contributed by atoms with E-state index in [0.717, 1.165) is 12.1 Å². The van der Waals surface area contributed by atoms with Gasteiger partial charge in [-0.2, -0.15) is 0 Å². The van der Waals surface area contributed by atoms with Crippen molar-refractivity contribution in [3.63, 3.8) is 0 Å². The van der Waals surface area contributed by atoms with E-state index in [1.165, 1.54) is 6.07 Å². The minimum atomic E-state index is -1.09. The molecule has 0 aliphatic rings. The monoisotopic (exact) mass is 329 g/mol. The maximum atomic E-state index is 13.7. The van der Waals surface area contributed by atoms with Gasteiger partial charge in [0.1, 0.15) is 17.2 Å². The van der Waals surface area contributed by atoms with Gasteiger partial charge in [0.25, 0.3) is 0 Å². The minimum absolute atomic E-state index is 0.0151. The highest BCUT2D eigenvalue weighted by atomic mass is 19.1. The first kappa shape index (κ1) is 19.0. The normalized spacial score (nSPS) is 12.7. The van der Waals surface area contributed by atoms with Gasteiger partial charge in [0.2, 0.25) is 0 Å². The molecule has 2 N–H and O–H groups in total. The van der Waals surface area contributed by atoms with Crippen molar-refractivity contribution in [2.75, 3.05) is 6.54 Å². The molecule has 128 valence electrons. The molecule has 0 fully saturated rings. The van der Waals surface area contributed by atoms with E-state index in [-0.39, 0.29) is 24.9 Å². The van der Waals surface area contributed by atoms with E-state index < -0.39 is 35.2 Å². The summed E-state index contributed by atoms with van der Waals surface area (Å²) in [4.78, 5) is 22.6. The highest BCUT2D eigenvalue weighted by Gasteiger charge is 2.20. The average Bonchev–Trinajstić information content (AvgIpc) is 2.36. The number of esters is 1. The van der Waals surface area contributed by atoms with Crippen molar-refractivity contribution < 1.29 is 28.2 Å². The number of halogens is 2. The Kier molecular flexibility index (Phi) is 6.62. The highest BCUT2D eigenvalue weighted by Crippen LogP contribution is 2.13. The maximum Gasteiger partial charge on any atom is 0.320 e. The van der Waals surface area contributed by atoms with Crippen LogP contribution in [0.1, 0.15) is 32.8 Å². The van der Waals surface area contributed by atoms with Crippen molar-refractivity contribution in [3.05, 3.63) is 35.4 Å². The first-order chi connectivity index (χ1) is 10.6. The van der Waals surface area contributed by atoms with Crippen LogP contribution in [0.5, 0.6) is 0 Å². The Hall–Kier alpha value is -2.02. The summed E-state index contributed by atoms with van der Waals surface area (Å²) in [6.45, 7) is 4.95. The van der Waals surface area contributed by atoms with Crippen LogP contribution in [0.2, 0.25) is 0 Å². The Balaban J connectivity index is 2.69. The van der Waals surface area contributed by atoms with Crippen molar-refractivity contribution in [1.29, 1.82) is 0 Å². The molecule has 0 amide bonds. The molecular formula is C16H21F2NO4. The summed E-state index contributed by atoms with van der Waals surface area (Å²) in [5.74, 6) is -3.08. The molecule has 1 atom stereocenters. The Bertz CT molecular complexity index is 570. The van der Waals surface area contributed by atoms with Gasteiger partial charge in [0.05, 0.1) is 13.0 Å². The van der Waals surface area contributed by atoms with Crippen molar-refractivity contribution in [2.24, 2.45) is 0 Å². The number of nitrogens with one attached hydrogen (secondary N) is 1. The molecule has 0 heterocycles. The second-order valence-electron chi connectivity index (χ2n) is 6.20. The molecule has 1 unspecified atom stereocenters. The standard InChI is InChI=1S/C16H21F2NO4/c1-16(2,3)23-15(22)9-19-12(8-14(20)21)6-10-4-5-11(17)7-13(10)18/h4-5,7,12,19H,6,8-9H2,1-3H3,(H,20,21). The smallest absolute Gasteiger partial charge is 0.320 e. The van der Waals surface area contributed by atoms with Crippen LogP contribution in [0.4, 0.5) is 8.78 Å². The Morgan fingerprint density at radius 2 is 1.96 bits per heavy atom. The van der Waals surface area contributed by atoms with Gasteiger partial charge in [-0.1, -0.05) is 6.07 Å². The molecule has 0 spiro atoms. The zero-order chi connectivity index (χ0) is 17.6. The van der Waals surface area contributed by atoms with Crippen molar-refractivity contribution >= 4 is 11.9 Å². The van der Waals surface area contributed by atoms with E-state index in [1.54, 1.807) is 20.8 Å². The molecule has 0 aromatic heterocycles. The topological polar surface area (TPSA) is 75.6 Å². The van der Waals surface area contributed by atoms with Gasteiger partial charge < -0.3 is 15.2 Å². The number of hydrogen-bond donors (Lipinski definition) is 2. The number of aliphatic carboxylic acids is 1. The molecule has 1 aromatic rings. The summed E-state index contributed by atoms with van der Waals surface area (Å²) < 4.78 is 31.7. The lowest BCUT2D eigenvalue weighted by atomic mass is 10.0. The molecule has 0 radical (unpaired) electrons. The highest BCUT2D eigenvalue weighted by molar-refractivity contribution is 5.72. The molecular weight excluding hydrogens is 308 g/mol. The van der Waals surface area contributed by atoms with Gasteiger partial charge in [-0.05, 0) is 38.8 Å². The van der Waals surface area contributed by atoms with Crippen LogP contribution in [-0.4, -0.2) is 35.2 Å². The molecule has 0 aliphatic carbocycles. The van der Waals surface area contributed by atoms with Crippen molar-refractivity contribution in [3.8, 4) is 0 Å². The number of carboxylic acid groups (broad SMARTS) is 1. The zero-order valence-electron chi connectivity index (χ0n) is 13.4. The summed E-state index contributed by atoms with van der Waals surface area (Å²) in [5, 5.41) is 11.7. The third-order valence-corrected chi connectivity index (χ3v) is 2.86. The van der Waals surface area contributed by atoms with Gasteiger partial charge in [0.15, 0.2) is 0 Å². The molecule has 7 heteroatoms. The number of carbonyl (C=O) groups is 2. The average molecular weight is 329 g/mol. The zero-order valence-corrected chi connectivity index (χ0v) is 13.4. The van der Waals surface area contributed by atoms with E-state index in [4.69, 9.17) is 9.84 Å². The van der Waals surface area contributed by atoms with Crippen LogP contribution >= 0.6 is 0 Å². The van der Waals surface area contributed by atoms with Crippen molar-refractivity contribution in [1.82, 2.24) is 5.32 Å². The summed E-state index contributed by atoms with van der Waals surface area (Å²) in [6.07, 6.45) is -0.291. The number of carbonyl (C=O) groups excluding carboxylic acids is 1. The van der Waals surface area contributed by atoms with Crippen LogP contribution in [-0.2, 0) is 20.7 Å². The summed E-state index contributed by atoms with van der Waals surface area (Å²) >= 11 is 0. The number of benzene rings is 1. The third kappa shape index (κ3) is 7.69. The second kappa shape index (κ2) is 8.01. The van der Waals surface area contributed by atoms with E-state index in [2.05, 4.69) is 5.32 Å². The minimum Gasteiger partial charge on any atom is -0.481 e. The van der Waals surface area contributed by atoms with E-state index in [1.807, 2.05) is 0 Å². The molecule has 5 nitrogen and oxygen atoms in total. The quantitative estimate of drug-likeness (QED) is 0.751. The number of rotatable bonds is 7. The Morgan fingerprint density at radius 3 is 2.48 bits per heavy atom. The Morgan fingerprint density at radius 1 is 1.30 bits per heavy atom. The maximum absolute atomic E-state index is 13.7. The first-order valence-corrected chi connectivity index (χ1v) is 7.18. The number of carboxylic acids is 1. The van der Waals surface area contributed by atoms with Gasteiger partial charge >= 0.3 is 11.9 Å². The molecule has 0 saturated carbocycles. The predicted molar refractivity (Wildman–Crippen MR) is 80.0 cm³/mol. The van der Waals surface area contributed by atoms with Crippen molar-refractivity contribution in [2.45, 2.75) is 45.3 Å². The lowest BCUT2D eigenvalue weighted by Gasteiger charge is -2.21.